The molecule has 1 aromatic rings. The van der Waals surface area contributed by atoms with Crippen LogP contribution in [0.1, 0.15) is 42.7 Å². The number of rotatable bonds is 2. The highest BCUT2D eigenvalue weighted by atomic mass is 35.5. The van der Waals surface area contributed by atoms with Crippen molar-refractivity contribution < 1.29 is 17.6 Å². The third-order valence-corrected chi connectivity index (χ3v) is 4.22. The normalized spacial score (nSPS) is 23.6. The molecule has 1 aromatic carbocycles. The summed E-state index contributed by atoms with van der Waals surface area (Å²) >= 11 is 5.62. The van der Waals surface area contributed by atoms with Gasteiger partial charge in [-0.1, -0.05) is 17.7 Å². The first-order valence-electron chi connectivity index (χ1n) is 6.51. The Morgan fingerprint density at radius 2 is 1.75 bits per heavy atom. The molecule has 1 aliphatic carbocycles. The van der Waals surface area contributed by atoms with Gasteiger partial charge in [0.2, 0.25) is 0 Å². The summed E-state index contributed by atoms with van der Waals surface area (Å²) in [5.74, 6) is -0.771. The molecule has 0 amide bonds. The summed E-state index contributed by atoms with van der Waals surface area (Å²) in [6, 6.07) is 2.24. The molecule has 0 radical (unpaired) electrons. The van der Waals surface area contributed by atoms with Crippen LogP contribution in [0.3, 0.4) is 0 Å². The van der Waals surface area contributed by atoms with Crippen molar-refractivity contribution in [3.63, 3.8) is 0 Å². The molecular formula is C15H15ClF4. The van der Waals surface area contributed by atoms with Gasteiger partial charge in [0.15, 0.2) is 0 Å². The van der Waals surface area contributed by atoms with E-state index in [0.717, 1.165) is 31.7 Å². The lowest BCUT2D eigenvalue weighted by Crippen LogP contribution is -2.14. The average Bonchev–Trinajstić information content (AvgIpc) is 2.36. The highest BCUT2D eigenvalue weighted by Crippen LogP contribution is 2.41. The van der Waals surface area contributed by atoms with E-state index >= 15 is 0 Å². The Kier molecular flexibility index (Phi) is 4.43. The molecule has 0 saturated heterocycles. The van der Waals surface area contributed by atoms with Crippen LogP contribution in [0.2, 0.25) is 5.02 Å². The topological polar surface area (TPSA) is 0 Å². The Balaban J connectivity index is 2.25. The van der Waals surface area contributed by atoms with E-state index in [2.05, 4.69) is 6.58 Å². The van der Waals surface area contributed by atoms with Crippen molar-refractivity contribution in [2.24, 2.45) is 5.92 Å². The maximum atomic E-state index is 13.7. The first-order valence-corrected chi connectivity index (χ1v) is 6.89. The summed E-state index contributed by atoms with van der Waals surface area (Å²) in [6.45, 7) is 3.74. The van der Waals surface area contributed by atoms with E-state index in [4.69, 9.17) is 11.6 Å². The van der Waals surface area contributed by atoms with Gasteiger partial charge in [-0.3, -0.25) is 0 Å². The van der Waals surface area contributed by atoms with Crippen molar-refractivity contribution in [1.82, 2.24) is 0 Å². The Morgan fingerprint density at radius 1 is 1.15 bits per heavy atom. The lowest BCUT2D eigenvalue weighted by atomic mass is 9.78. The van der Waals surface area contributed by atoms with Gasteiger partial charge in [0.05, 0.1) is 5.02 Å². The van der Waals surface area contributed by atoms with Crippen molar-refractivity contribution in [3.8, 4) is 0 Å². The zero-order chi connectivity index (χ0) is 14.9. The van der Waals surface area contributed by atoms with Gasteiger partial charge in [-0.15, -0.1) is 6.58 Å². The Bertz CT molecular complexity index is 476. The monoisotopic (exact) mass is 306 g/mol. The summed E-state index contributed by atoms with van der Waals surface area (Å²) in [4.78, 5) is 0. The number of benzene rings is 1. The van der Waals surface area contributed by atoms with E-state index in [1.165, 1.54) is 6.07 Å². The Morgan fingerprint density at radius 3 is 2.20 bits per heavy atom. The Labute approximate surface area is 120 Å². The molecule has 0 N–H and O–H groups in total. The van der Waals surface area contributed by atoms with Gasteiger partial charge in [-0.05, 0) is 55.2 Å². The first-order chi connectivity index (χ1) is 9.32. The molecule has 0 nitrogen and oxygen atoms in total. The molecule has 0 aromatic heterocycles. The van der Waals surface area contributed by atoms with Crippen molar-refractivity contribution >= 4 is 11.6 Å². The van der Waals surface area contributed by atoms with Gasteiger partial charge in [-0.25, -0.2) is 4.39 Å². The van der Waals surface area contributed by atoms with Crippen LogP contribution in [0.15, 0.2) is 24.8 Å². The molecule has 0 spiro atoms. The van der Waals surface area contributed by atoms with Crippen LogP contribution in [0.5, 0.6) is 0 Å². The standard InChI is InChI=1S/C15H15ClF4/c1-2-9-3-5-10(6-4-9)11-7-12(16)14(13(17)8-11)15(18,19)20/h2,7-10H,1,3-6H2. The van der Waals surface area contributed by atoms with Crippen molar-refractivity contribution in [2.45, 2.75) is 37.8 Å². The minimum absolute atomic E-state index is 0.0699. The van der Waals surface area contributed by atoms with Gasteiger partial charge in [-0.2, -0.15) is 13.2 Å². The van der Waals surface area contributed by atoms with Crippen molar-refractivity contribution in [3.05, 3.63) is 46.8 Å². The molecule has 1 saturated carbocycles. The van der Waals surface area contributed by atoms with Crippen LogP contribution in [0.4, 0.5) is 17.6 Å². The summed E-state index contributed by atoms with van der Waals surface area (Å²) in [5.41, 5.74) is -0.814. The fraction of sp³-hybridized carbons (Fsp3) is 0.467. The van der Waals surface area contributed by atoms with Crippen LogP contribution < -0.4 is 0 Å². The van der Waals surface area contributed by atoms with E-state index in [0.29, 0.717) is 11.5 Å². The van der Waals surface area contributed by atoms with E-state index < -0.39 is 22.6 Å². The second-order valence-corrected chi connectivity index (χ2v) is 5.61. The maximum Gasteiger partial charge on any atom is 0.420 e. The Hall–Kier alpha value is -1.03. The number of alkyl halides is 3. The molecule has 0 bridgehead atoms. The molecule has 20 heavy (non-hydrogen) atoms. The van der Waals surface area contributed by atoms with Gasteiger partial charge in [0, 0.05) is 0 Å². The van der Waals surface area contributed by atoms with E-state index in [1.807, 2.05) is 6.08 Å². The fourth-order valence-electron chi connectivity index (χ4n) is 2.79. The van der Waals surface area contributed by atoms with Gasteiger partial charge in [0.25, 0.3) is 0 Å². The van der Waals surface area contributed by atoms with Gasteiger partial charge >= 0.3 is 6.18 Å². The van der Waals surface area contributed by atoms with Gasteiger partial charge < -0.3 is 0 Å². The number of hydrogen-bond donors (Lipinski definition) is 0. The minimum Gasteiger partial charge on any atom is -0.206 e. The summed E-state index contributed by atoms with van der Waals surface area (Å²) in [7, 11) is 0. The third-order valence-electron chi connectivity index (χ3n) is 3.92. The first kappa shape index (κ1) is 15.4. The van der Waals surface area contributed by atoms with Crippen LogP contribution in [0, 0.1) is 11.7 Å². The zero-order valence-electron chi connectivity index (χ0n) is 10.8. The smallest absolute Gasteiger partial charge is 0.206 e. The van der Waals surface area contributed by atoms with E-state index in [-0.39, 0.29) is 5.92 Å². The molecule has 0 unspecified atom stereocenters. The summed E-state index contributed by atoms with van der Waals surface area (Å²) < 4.78 is 51.6. The maximum absolute atomic E-state index is 13.7. The van der Waals surface area contributed by atoms with Crippen molar-refractivity contribution in [1.29, 1.82) is 0 Å². The predicted octanol–water partition coefficient (Wildman–Crippen LogP) is 5.96. The van der Waals surface area contributed by atoms with Crippen LogP contribution >= 0.6 is 11.6 Å². The average molecular weight is 307 g/mol. The minimum atomic E-state index is -4.76. The van der Waals surface area contributed by atoms with Crippen LogP contribution in [-0.4, -0.2) is 0 Å². The molecule has 5 heteroatoms. The molecule has 0 atom stereocenters. The number of halogens is 5. The molecule has 110 valence electrons. The lowest BCUT2D eigenvalue weighted by Gasteiger charge is -2.27. The fourth-order valence-corrected chi connectivity index (χ4v) is 3.11. The number of allylic oxidation sites excluding steroid dienone is 1. The third kappa shape index (κ3) is 3.17. The van der Waals surface area contributed by atoms with E-state index in [1.54, 1.807) is 0 Å². The van der Waals surface area contributed by atoms with Crippen LogP contribution in [-0.2, 0) is 6.18 Å². The zero-order valence-corrected chi connectivity index (χ0v) is 11.6. The number of hydrogen-bond acceptors (Lipinski definition) is 0. The largest absolute Gasteiger partial charge is 0.420 e. The molecule has 0 heterocycles. The molecule has 0 aliphatic heterocycles. The quantitative estimate of drug-likeness (QED) is 0.467. The highest BCUT2D eigenvalue weighted by molar-refractivity contribution is 6.31. The van der Waals surface area contributed by atoms with Crippen LogP contribution in [0.25, 0.3) is 0 Å². The second kappa shape index (κ2) is 5.76. The molecular weight excluding hydrogens is 292 g/mol. The summed E-state index contributed by atoms with van der Waals surface area (Å²) in [6.07, 6.45) is 0.620. The summed E-state index contributed by atoms with van der Waals surface area (Å²) in [5, 5.41) is -0.557. The van der Waals surface area contributed by atoms with Gasteiger partial charge in [0.1, 0.15) is 11.4 Å². The SMILES string of the molecule is C=CC1CCC(c2cc(F)c(C(F)(F)F)c(Cl)c2)CC1. The molecule has 1 fully saturated rings. The van der Waals surface area contributed by atoms with E-state index in [9.17, 15) is 17.6 Å². The second-order valence-electron chi connectivity index (χ2n) is 5.20. The predicted molar refractivity (Wildman–Crippen MR) is 71.3 cm³/mol. The molecule has 1 aliphatic rings. The lowest BCUT2D eigenvalue weighted by molar-refractivity contribution is -0.139. The molecule has 2 rings (SSSR count). The van der Waals surface area contributed by atoms with Crippen molar-refractivity contribution in [2.75, 3.05) is 0 Å². The highest BCUT2D eigenvalue weighted by Gasteiger charge is 2.37.